The second-order valence-corrected chi connectivity index (χ2v) is 8.05. The third-order valence-electron chi connectivity index (χ3n) is 5.34. The van der Waals surface area contributed by atoms with Gasteiger partial charge in [-0.25, -0.2) is 9.36 Å². The summed E-state index contributed by atoms with van der Waals surface area (Å²) < 4.78 is 41.4. The molecule has 0 unspecified atom stereocenters. The van der Waals surface area contributed by atoms with Crippen LogP contribution in [-0.2, 0) is 12.7 Å². The van der Waals surface area contributed by atoms with Crippen molar-refractivity contribution in [1.82, 2.24) is 19.6 Å². The largest absolute Gasteiger partial charge is 0.416 e. The van der Waals surface area contributed by atoms with E-state index >= 15 is 0 Å². The normalized spacial score (nSPS) is 14.3. The lowest BCUT2D eigenvalue weighted by Gasteiger charge is -2.11. The molecule has 0 amide bonds. The van der Waals surface area contributed by atoms with E-state index in [2.05, 4.69) is 10.2 Å². The first-order chi connectivity index (χ1) is 14.8. The van der Waals surface area contributed by atoms with Crippen LogP contribution in [0.2, 0.25) is 5.02 Å². The van der Waals surface area contributed by atoms with E-state index in [-0.39, 0.29) is 18.0 Å². The van der Waals surface area contributed by atoms with Gasteiger partial charge in [-0.2, -0.15) is 23.4 Å². The Labute approximate surface area is 179 Å². The number of aromatic nitrogens is 4. The van der Waals surface area contributed by atoms with Gasteiger partial charge in [0, 0.05) is 16.3 Å². The predicted molar refractivity (Wildman–Crippen MR) is 111 cm³/mol. The second-order valence-electron chi connectivity index (χ2n) is 7.62. The van der Waals surface area contributed by atoms with Gasteiger partial charge in [0.05, 0.1) is 29.7 Å². The Hall–Kier alpha value is -3.13. The van der Waals surface area contributed by atoms with Crippen LogP contribution < -0.4 is 5.56 Å². The van der Waals surface area contributed by atoms with Crippen LogP contribution in [0, 0.1) is 0 Å². The Kier molecular flexibility index (Phi) is 4.62. The van der Waals surface area contributed by atoms with Gasteiger partial charge in [-0.05, 0) is 48.7 Å². The summed E-state index contributed by atoms with van der Waals surface area (Å²) in [7, 11) is 0. The van der Waals surface area contributed by atoms with Crippen molar-refractivity contribution in [3.8, 4) is 5.69 Å². The van der Waals surface area contributed by atoms with Gasteiger partial charge in [0.1, 0.15) is 5.52 Å². The summed E-state index contributed by atoms with van der Waals surface area (Å²) in [6.45, 7) is 0.0629. The summed E-state index contributed by atoms with van der Waals surface area (Å²) in [5, 5.41) is 10.2. The van der Waals surface area contributed by atoms with Crippen LogP contribution in [0.25, 0.3) is 16.6 Å². The van der Waals surface area contributed by atoms with E-state index in [9.17, 15) is 18.0 Å². The van der Waals surface area contributed by atoms with Crippen LogP contribution in [0.3, 0.4) is 0 Å². The Morgan fingerprint density at radius 1 is 1.10 bits per heavy atom. The van der Waals surface area contributed by atoms with Gasteiger partial charge in [0.25, 0.3) is 5.56 Å². The number of alkyl halides is 3. The van der Waals surface area contributed by atoms with E-state index in [0.717, 1.165) is 30.7 Å². The van der Waals surface area contributed by atoms with Gasteiger partial charge in [0.2, 0.25) is 0 Å². The molecule has 2 aromatic heterocycles. The van der Waals surface area contributed by atoms with E-state index < -0.39 is 11.7 Å². The predicted octanol–water partition coefficient (Wildman–Crippen LogP) is 5.18. The third kappa shape index (κ3) is 3.72. The first-order valence-corrected chi connectivity index (χ1v) is 10.1. The average Bonchev–Trinajstić information content (AvgIpc) is 3.47. The van der Waals surface area contributed by atoms with Crippen molar-refractivity contribution in [2.45, 2.75) is 31.5 Å². The average molecular weight is 445 g/mol. The van der Waals surface area contributed by atoms with E-state index in [4.69, 9.17) is 11.6 Å². The molecule has 31 heavy (non-hydrogen) atoms. The summed E-state index contributed by atoms with van der Waals surface area (Å²) in [5.41, 5.74) is 1.27. The zero-order valence-electron chi connectivity index (χ0n) is 16.1. The first-order valence-electron chi connectivity index (χ1n) is 9.72. The minimum atomic E-state index is -4.41. The van der Waals surface area contributed by atoms with Crippen LogP contribution in [-0.4, -0.2) is 19.6 Å². The number of hydrogen-bond acceptors (Lipinski definition) is 3. The minimum absolute atomic E-state index is 0.0629. The number of halogens is 4. The first kappa shape index (κ1) is 19.8. The molecule has 0 aliphatic heterocycles. The third-order valence-corrected chi connectivity index (χ3v) is 5.58. The van der Waals surface area contributed by atoms with Crippen molar-refractivity contribution in [3.63, 3.8) is 0 Å². The molecule has 1 saturated carbocycles. The topological polar surface area (TPSA) is 52.7 Å². The quantitative estimate of drug-likeness (QED) is 0.436. The van der Waals surface area contributed by atoms with E-state index in [1.54, 1.807) is 35.1 Å². The summed E-state index contributed by atoms with van der Waals surface area (Å²) in [6, 6.07) is 11.8. The molecule has 1 aliphatic rings. The lowest BCUT2D eigenvalue weighted by Crippen LogP contribution is -2.26. The Morgan fingerprint density at radius 2 is 1.84 bits per heavy atom. The number of rotatable bonds is 4. The van der Waals surface area contributed by atoms with Gasteiger partial charge in [-0.3, -0.25) is 4.79 Å². The molecule has 0 spiro atoms. The molecule has 2 heterocycles. The maximum Gasteiger partial charge on any atom is 0.416 e. The zero-order chi connectivity index (χ0) is 21.8. The number of benzene rings is 2. The number of hydrogen-bond donors (Lipinski definition) is 0. The highest BCUT2D eigenvalue weighted by atomic mass is 35.5. The van der Waals surface area contributed by atoms with Gasteiger partial charge in [-0.15, -0.1) is 0 Å². The summed E-state index contributed by atoms with van der Waals surface area (Å²) in [4.78, 5) is 13.3. The molecule has 0 N–H and O–H groups in total. The van der Waals surface area contributed by atoms with Gasteiger partial charge < -0.3 is 0 Å². The van der Waals surface area contributed by atoms with Crippen LogP contribution >= 0.6 is 11.6 Å². The highest BCUT2D eigenvalue weighted by Gasteiger charge is 2.31. The minimum Gasteiger partial charge on any atom is -0.265 e. The molecule has 5 rings (SSSR count). The molecule has 0 bridgehead atoms. The summed E-state index contributed by atoms with van der Waals surface area (Å²) in [5.74, 6) is 0.249. The molecular weight excluding hydrogens is 429 g/mol. The van der Waals surface area contributed by atoms with E-state index in [1.165, 1.54) is 16.8 Å². The van der Waals surface area contributed by atoms with E-state index in [0.29, 0.717) is 27.2 Å². The fourth-order valence-corrected chi connectivity index (χ4v) is 3.82. The molecular formula is C22H16ClF3N4O. The van der Waals surface area contributed by atoms with Crippen LogP contribution in [0.1, 0.15) is 35.6 Å². The highest BCUT2D eigenvalue weighted by molar-refractivity contribution is 6.30. The molecule has 2 aromatic carbocycles. The SMILES string of the molecule is O=c1c2c(cnn2-c2cccc(Cl)c2)c(C2CC2)nn1Cc1ccc(C(F)(F)F)cc1. The molecule has 0 atom stereocenters. The maximum atomic E-state index is 13.3. The molecule has 5 nitrogen and oxygen atoms in total. The standard InChI is InChI=1S/C22H16ClF3N4O/c23-16-2-1-3-17(10-16)30-20-18(11-27-30)19(14-6-7-14)28-29(21(20)31)12-13-4-8-15(9-5-13)22(24,25)26/h1-5,8-11,14H,6-7,12H2. The smallest absolute Gasteiger partial charge is 0.265 e. The maximum absolute atomic E-state index is 13.3. The zero-order valence-corrected chi connectivity index (χ0v) is 16.9. The molecule has 1 fully saturated rings. The number of nitrogens with zero attached hydrogens (tertiary/aromatic N) is 4. The van der Waals surface area contributed by atoms with E-state index in [1.807, 2.05) is 0 Å². The molecule has 158 valence electrons. The van der Waals surface area contributed by atoms with Crippen molar-refractivity contribution in [2.24, 2.45) is 0 Å². The molecule has 1 aliphatic carbocycles. The number of fused-ring (bicyclic) bond motifs is 1. The monoisotopic (exact) mass is 444 g/mol. The fraction of sp³-hybridized carbons (Fsp3) is 0.227. The lowest BCUT2D eigenvalue weighted by molar-refractivity contribution is -0.137. The van der Waals surface area contributed by atoms with Crippen molar-refractivity contribution in [2.75, 3.05) is 0 Å². The van der Waals surface area contributed by atoms with Crippen molar-refractivity contribution >= 4 is 22.5 Å². The Bertz CT molecular complexity index is 1340. The van der Waals surface area contributed by atoms with Crippen LogP contribution in [0.5, 0.6) is 0 Å². The van der Waals surface area contributed by atoms with Gasteiger partial charge in [-0.1, -0.05) is 29.8 Å². The molecule has 4 aromatic rings. The Morgan fingerprint density at radius 3 is 2.48 bits per heavy atom. The second kappa shape index (κ2) is 7.23. The van der Waals surface area contributed by atoms with Crippen LogP contribution in [0.15, 0.2) is 59.5 Å². The molecule has 0 saturated heterocycles. The fourth-order valence-electron chi connectivity index (χ4n) is 3.63. The van der Waals surface area contributed by atoms with Gasteiger partial charge in [0.15, 0.2) is 0 Å². The summed E-state index contributed by atoms with van der Waals surface area (Å²) >= 11 is 6.11. The molecule has 0 radical (unpaired) electrons. The Balaban J connectivity index is 1.63. The molecule has 9 heteroatoms. The van der Waals surface area contributed by atoms with Crippen molar-refractivity contribution < 1.29 is 13.2 Å². The van der Waals surface area contributed by atoms with Crippen LogP contribution in [0.4, 0.5) is 13.2 Å². The van der Waals surface area contributed by atoms with Gasteiger partial charge >= 0.3 is 6.18 Å². The lowest BCUT2D eigenvalue weighted by atomic mass is 10.1. The summed E-state index contributed by atoms with van der Waals surface area (Å²) in [6.07, 6.45) is -0.818. The van der Waals surface area contributed by atoms with Crippen molar-refractivity contribution in [1.29, 1.82) is 0 Å². The highest BCUT2D eigenvalue weighted by Crippen LogP contribution is 2.41. The van der Waals surface area contributed by atoms with Crippen molar-refractivity contribution in [3.05, 3.63) is 86.9 Å².